The molecule has 4 heteroatoms. The molecule has 0 unspecified atom stereocenters. The molecule has 2 heterocycles. The normalized spacial score (nSPS) is 16.1. The molecule has 0 bridgehead atoms. The topological polar surface area (TPSA) is 25.2 Å². The number of aliphatic hydroxyl groups excluding tert-OH is 1. The van der Waals surface area contributed by atoms with Crippen molar-refractivity contribution < 1.29 is 5.11 Å². The van der Waals surface area contributed by atoms with Gasteiger partial charge in [-0.2, -0.15) is 0 Å². The molecule has 0 radical (unpaired) electrons. The van der Waals surface area contributed by atoms with Gasteiger partial charge in [-0.05, 0) is 37.1 Å². The van der Waals surface area contributed by atoms with E-state index in [1.54, 1.807) is 11.8 Å². The first-order chi connectivity index (χ1) is 7.81. The molecule has 3 rings (SSSR count). The minimum atomic E-state index is 0.155. The minimum absolute atomic E-state index is 0.155. The van der Waals surface area contributed by atoms with Crippen LogP contribution in [0.3, 0.4) is 0 Å². The predicted molar refractivity (Wildman–Crippen MR) is 70.2 cm³/mol. The molecule has 2 aromatic rings. The molecule has 1 aliphatic carbocycles. The van der Waals surface area contributed by atoms with Crippen molar-refractivity contribution in [2.45, 2.75) is 30.2 Å². The summed E-state index contributed by atoms with van der Waals surface area (Å²) in [5.74, 6) is 0.848. The third-order valence-electron chi connectivity index (χ3n) is 3.13. The van der Waals surface area contributed by atoms with Crippen LogP contribution in [0.25, 0.3) is 10.2 Å². The van der Waals surface area contributed by atoms with E-state index in [1.807, 2.05) is 11.3 Å². The fourth-order valence-electron chi connectivity index (χ4n) is 2.06. The number of hydrogen-bond donors (Lipinski definition) is 1. The van der Waals surface area contributed by atoms with Gasteiger partial charge in [0.25, 0.3) is 0 Å². The second-order valence-electron chi connectivity index (χ2n) is 4.38. The number of thiophene rings is 1. The van der Waals surface area contributed by atoms with Crippen molar-refractivity contribution >= 4 is 33.3 Å². The lowest BCUT2D eigenvalue weighted by atomic mass is 10.3. The Balaban J connectivity index is 2.07. The average Bonchev–Trinajstić information content (AvgIpc) is 2.92. The molecule has 0 aliphatic heterocycles. The highest BCUT2D eigenvalue weighted by Gasteiger charge is 2.24. The lowest BCUT2D eigenvalue weighted by molar-refractivity contribution is 0.270. The summed E-state index contributed by atoms with van der Waals surface area (Å²) in [4.78, 5) is 1.33. The maximum atomic E-state index is 9.38. The van der Waals surface area contributed by atoms with Crippen molar-refractivity contribution in [3.8, 4) is 0 Å². The van der Waals surface area contributed by atoms with Crippen LogP contribution >= 0.6 is 23.1 Å². The van der Waals surface area contributed by atoms with Gasteiger partial charge in [0.2, 0.25) is 0 Å². The van der Waals surface area contributed by atoms with E-state index in [0.29, 0.717) is 0 Å². The monoisotopic (exact) mass is 253 g/mol. The SMILES string of the molecule is CSc1cc2cc(CO)n(CC3CC3)c2s1. The van der Waals surface area contributed by atoms with Gasteiger partial charge < -0.3 is 9.67 Å². The van der Waals surface area contributed by atoms with Crippen molar-refractivity contribution in [2.24, 2.45) is 5.92 Å². The van der Waals surface area contributed by atoms with Crippen LogP contribution in [0.1, 0.15) is 18.5 Å². The van der Waals surface area contributed by atoms with Crippen molar-refractivity contribution in [2.75, 3.05) is 6.26 Å². The fourth-order valence-corrected chi connectivity index (χ4v) is 3.79. The number of rotatable bonds is 4. The summed E-state index contributed by atoms with van der Waals surface area (Å²) in [6.07, 6.45) is 4.82. The molecule has 0 atom stereocenters. The van der Waals surface area contributed by atoms with Crippen LogP contribution in [0, 0.1) is 5.92 Å². The van der Waals surface area contributed by atoms with Gasteiger partial charge in [-0.25, -0.2) is 0 Å². The van der Waals surface area contributed by atoms with E-state index in [9.17, 15) is 5.11 Å². The van der Waals surface area contributed by atoms with Crippen LogP contribution in [-0.4, -0.2) is 15.9 Å². The third-order valence-corrected chi connectivity index (χ3v) is 5.37. The van der Waals surface area contributed by atoms with Crippen molar-refractivity contribution in [3.63, 3.8) is 0 Å². The van der Waals surface area contributed by atoms with Crippen molar-refractivity contribution in [3.05, 3.63) is 17.8 Å². The largest absolute Gasteiger partial charge is 0.390 e. The zero-order valence-corrected chi connectivity index (χ0v) is 10.9. The second-order valence-corrected chi connectivity index (χ2v) is 6.51. The summed E-state index contributed by atoms with van der Waals surface area (Å²) >= 11 is 3.64. The quantitative estimate of drug-likeness (QED) is 0.846. The van der Waals surface area contributed by atoms with Crippen LogP contribution in [0.4, 0.5) is 0 Å². The molecule has 0 spiro atoms. The van der Waals surface area contributed by atoms with Crippen LogP contribution in [0.5, 0.6) is 0 Å². The Hall–Kier alpha value is -0.450. The Morgan fingerprint density at radius 2 is 2.31 bits per heavy atom. The second kappa shape index (κ2) is 4.09. The zero-order chi connectivity index (χ0) is 11.1. The van der Waals surface area contributed by atoms with E-state index in [1.165, 1.54) is 27.3 Å². The Labute approximate surface area is 103 Å². The Kier molecular flexibility index (Phi) is 2.73. The molecule has 2 nitrogen and oxygen atoms in total. The van der Waals surface area contributed by atoms with E-state index >= 15 is 0 Å². The number of hydrogen-bond acceptors (Lipinski definition) is 3. The zero-order valence-electron chi connectivity index (χ0n) is 9.27. The summed E-state index contributed by atoms with van der Waals surface area (Å²) in [6.45, 7) is 1.25. The number of nitrogens with zero attached hydrogens (tertiary/aromatic N) is 1. The molecule has 1 fully saturated rings. The first kappa shape index (κ1) is 10.7. The summed E-state index contributed by atoms with van der Waals surface area (Å²) in [5.41, 5.74) is 1.07. The smallest absolute Gasteiger partial charge is 0.104 e. The van der Waals surface area contributed by atoms with Gasteiger partial charge in [0.15, 0.2) is 0 Å². The van der Waals surface area contributed by atoms with Gasteiger partial charge in [0, 0.05) is 17.6 Å². The molecular weight excluding hydrogens is 238 g/mol. The highest BCUT2D eigenvalue weighted by atomic mass is 32.2. The predicted octanol–water partition coefficient (Wildman–Crippen LogP) is 3.33. The molecular formula is C12H15NOS2. The summed E-state index contributed by atoms with van der Waals surface area (Å²) in [6, 6.07) is 4.36. The number of aliphatic hydroxyl groups is 1. The van der Waals surface area contributed by atoms with Gasteiger partial charge in [0.1, 0.15) is 4.83 Å². The molecule has 1 aliphatic rings. The Morgan fingerprint density at radius 1 is 1.50 bits per heavy atom. The molecule has 86 valence electrons. The molecule has 0 saturated heterocycles. The fraction of sp³-hybridized carbons (Fsp3) is 0.500. The summed E-state index contributed by atoms with van der Waals surface area (Å²) < 4.78 is 3.68. The molecule has 0 aromatic carbocycles. The van der Waals surface area contributed by atoms with E-state index in [-0.39, 0.29) is 6.61 Å². The molecule has 16 heavy (non-hydrogen) atoms. The third kappa shape index (κ3) is 1.79. The first-order valence-electron chi connectivity index (χ1n) is 5.58. The van der Waals surface area contributed by atoms with E-state index in [0.717, 1.165) is 18.2 Å². The van der Waals surface area contributed by atoms with E-state index in [2.05, 4.69) is 23.0 Å². The molecule has 1 saturated carbocycles. The molecule has 0 amide bonds. The van der Waals surface area contributed by atoms with Crippen LogP contribution in [-0.2, 0) is 13.2 Å². The highest BCUT2D eigenvalue weighted by molar-refractivity contribution is 8.00. The van der Waals surface area contributed by atoms with Gasteiger partial charge in [-0.1, -0.05) is 0 Å². The van der Waals surface area contributed by atoms with Gasteiger partial charge in [-0.15, -0.1) is 23.1 Å². The standard InChI is InChI=1S/C12H15NOS2/c1-15-11-5-9-4-10(7-14)13(12(9)16-11)6-8-2-3-8/h4-5,8,14H,2-3,6-7H2,1H3. The van der Waals surface area contributed by atoms with Gasteiger partial charge >= 0.3 is 0 Å². The lowest BCUT2D eigenvalue weighted by Crippen LogP contribution is -2.03. The minimum Gasteiger partial charge on any atom is -0.390 e. The average molecular weight is 253 g/mol. The molecule has 2 aromatic heterocycles. The van der Waals surface area contributed by atoms with Crippen LogP contribution < -0.4 is 0 Å². The number of fused-ring (bicyclic) bond motifs is 1. The Bertz CT molecular complexity index is 510. The van der Waals surface area contributed by atoms with E-state index in [4.69, 9.17) is 0 Å². The summed E-state index contributed by atoms with van der Waals surface area (Å²) in [5, 5.41) is 10.7. The van der Waals surface area contributed by atoms with Crippen LogP contribution in [0.2, 0.25) is 0 Å². The highest BCUT2D eigenvalue weighted by Crippen LogP contribution is 2.37. The van der Waals surface area contributed by atoms with E-state index < -0.39 is 0 Å². The van der Waals surface area contributed by atoms with Gasteiger partial charge in [0.05, 0.1) is 10.8 Å². The van der Waals surface area contributed by atoms with Gasteiger partial charge in [-0.3, -0.25) is 0 Å². The maximum Gasteiger partial charge on any atom is 0.104 e. The number of aromatic nitrogens is 1. The lowest BCUT2D eigenvalue weighted by Gasteiger charge is -2.06. The summed E-state index contributed by atoms with van der Waals surface area (Å²) in [7, 11) is 0. The number of thioether (sulfide) groups is 1. The Morgan fingerprint density at radius 3 is 2.94 bits per heavy atom. The maximum absolute atomic E-state index is 9.38. The van der Waals surface area contributed by atoms with Crippen molar-refractivity contribution in [1.29, 1.82) is 0 Å². The molecule has 1 N–H and O–H groups in total. The van der Waals surface area contributed by atoms with Crippen molar-refractivity contribution in [1.82, 2.24) is 4.57 Å². The van der Waals surface area contributed by atoms with Crippen LogP contribution in [0.15, 0.2) is 16.3 Å². The first-order valence-corrected chi connectivity index (χ1v) is 7.62.